The van der Waals surface area contributed by atoms with Crippen molar-refractivity contribution in [3.63, 3.8) is 0 Å². The fourth-order valence-electron chi connectivity index (χ4n) is 3.32. The third-order valence-electron chi connectivity index (χ3n) is 4.67. The first-order valence-corrected chi connectivity index (χ1v) is 9.29. The van der Waals surface area contributed by atoms with E-state index in [-0.39, 0.29) is 11.8 Å². The number of imidazole rings is 1. The SMILES string of the molecule is O=C(Nn1cnc2ccccc21)[C@H]1CCCN1C(=O)c1ccc(Cl)c(Cl)c1. The van der Waals surface area contributed by atoms with Gasteiger partial charge in [0.2, 0.25) is 0 Å². The molecule has 0 spiro atoms. The van der Waals surface area contributed by atoms with Crippen molar-refractivity contribution in [1.82, 2.24) is 14.6 Å². The van der Waals surface area contributed by atoms with Gasteiger partial charge in [0, 0.05) is 12.1 Å². The van der Waals surface area contributed by atoms with Gasteiger partial charge in [-0.15, -0.1) is 0 Å². The Morgan fingerprint density at radius 2 is 1.93 bits per heavy atom. The second-order valence-electron chi connectivity index (χ2n) is 6.36. The number of likely N-dealkylation sites (tertiary alicyclic amines) is 1. The molecule has 0 unspecified atom stereocenters. The topological polar surface area (TPSA) is 67.2 Å². The van der Waals surface area contributed by atoms with Gasteiger partial charge >= 0.3 is 0 Å². The van der Waals surface area contributed by atoms with Crippen LogP contribution in [0.25, 0.3) is 11.0 Å². The van der Waals surface area contributed by atoms with Crippen LogP contribution in [-0.4, -0.2) is 39.0 Å². The second kappa shape index (κ2) is 7.21. The normalized spacial score (nSPS) is 16.7. The van der Waals surface area contributed by atoms with Crippen LogP contribution in [0.1, 0.15) is 23.2 Å². The van der Waals surface area contributed by atoms with E-state index in [0.717, 1.165) is 17.5 Å². The number of carbonyl (C=O) groups excluding carboxylic acids is 2. The third-order valence-corrected chi connectivity index (χ3v) is 5.41. The van der Waals surface area contributed by atoms with Gasteiger partial charge in [0.05, 0.1) is 21.1 Å². The van der Waals surface area contributed by atoms with Crippen molar-refractivity contribution in [2.75, 3.05) is 12.0 Å². The number of fused-ring (bicyclic) bond motifs is 1. The Morgan fingerprint density at radius 3 is 2.74 bits per heavy atom. The lowest BCUT2D eigenvalue weighted by Crippen LogP contribution is -2.45. The van der Waals surface area contributed by atoms with Gasteiger partial charge in [-0.05, 0) is 43.2 Å². The highest BCUT2D eigenvalue weighted by Gasteiger charge is 2.35. The highest BCUT2D eigenvalue weighted by atomic mass is 35.5. The molecule has 1 aliphatic rings. The lowest BCUT2D eigenvalue weighted by molar-refractivity contribution is -0.120. The van der Waals surface area contributed by atoms with Crippen LogP contribution in [0, 0.1) is 0 Å². The van der Waals surface area contributed by atoms with E-state index in [1.807, 2.05) is 24.3 Å². The molecule has 4 rings (SSSR count). The Hall–Kier alpha value is -2.57. The number of amides is 2. The molecule has 2 aromatic carbocycles. The Bertz CT molecular complexity index is 1030. The summed E-state index contributed by atoms with van der Waals surface area (Å²) in [6.07, 6.45) is 2.92. The molecule has 0 bridgehead atoms. The van der Waals surface area contributed by atoms with Crippen LogP contribution in [0.4, 0.5) is 0 Å². The summed E-state index contributed by atoms with van der Waals surface area (Å²) >= 11 is 11.9. The number of benzene rings is 2. The molecule has 0 saturated carbocycles. The zero-order valence-corrected chi connectivity index (χ0v) is 15.7. The predicted molar refractivity (Wildman–Crippen MR) is 105 cm³/mol. The van der Waals surface area contributed by atoms with E-state index in [4.69, 9.17) is 23.2 Å². The lowest BCUT2D eigenvalue weighted by atomic mass is 10.1. The van der Waals surface area contributed by atoms with Crippen molar-refractivity contribution in [3.8, 4) is 0 Å². The lowest BCUT2D eigenvalue weighted by Gasteiger charge is -2.24. The van der Waals surface area contributed by atoms with Gasteiger partial charge in [0.1, 0.15) is 12.4 Å². The molecule has 1 atom stereocenters. The molecule has 2 amide bonds. The zero-order valence-electron chi connectivity index (χ0n) is 14.2. The molecule has 0 aliphatic carbocycles. The number of para-hydroxylation sites is 2. The van der Waals surface area contributed by atoms with Crippen molar-refractivity contribution in [1.29, 1.82) is 0 Å². The van der Waals surface area contributed by atoms with E-state index in [2.05, 4.69) is 10.4 Å². The Labute approximate surface area is 165 Å². The van der Waals surface area contributed by atoms with Gasteiger partial charge < -0.3 is 4.90 Å². The minimum absolute atomic E-state index is 0.235. The van der Waals surface area contributed by atoms with E-state index < -0.39 is 6.04 Å². The molecule has 1 saturated heterocycles. The number of rotatable bonds is 3. The van der Waals surface area contributed by atoms with Crippen molar-refractivity contribution < 1.29 is 9.59 Å². The largest absolute Gasteiger partial charge is 0.327 e. The summed E-state index contributed by atoms with van der Waals surface area (Å²) < 4.78 is 1.58. The number of nitrogens with zero attached hydrogens (tertiary/aromatic N) is 3. The van der Waals surface area contributed by atoms with Crippen molar-refractivity contribution in [2.24, 2.45) is 0 Å². The average Bonchev–Trinajstić information content (AvgIpc) is 3.31. The first-order valence-electron chi connectivity index (χ1n) is 8.53. The first kappa shape index (κ1) is 17.8. The molecule has 6 nitrogen and oxygen atoms in total. The average molecular weight is 403 g/mol. The number of nitrogens with one attached hydrogen (secondary N) is 1. The van der Waals surface area contributed by atoms with Gasteiger partial charge in [0.15, 0.2) is 0 Å². The molecule has 1 aromatic heterocycles. The summed E-state index contributed by atoms with van der Waals surface area (Å²) in [5.41, 5.74) is 4.83. The fraction of sp³-hybridized carbons (Fsp3) is 0.211. The summed E-state index contributed by atoms with van der Waals surface area (Å²) in [5.74, 6) is -0.481. The number of hydrogen-bond donors (Lipinski definition) is 1. The van der Waals surface area contributed by atoms with Crippen LogP contribution >= 0.6 is 23.2 Å². The maximum Gasteiger partial charge on any atom is 0.261 e. The molecule has 138 valence electrons. The van der Waals surface area contributed by atoms with Gasteiger partial charge in [0.25, 0.3) is 11.8 Å². The minimum atomic E-state index is -0.548. The standard InChI is InChI=1S/C19H16Cl2N4O2/c20-13-8-7-12(10-14(13)21)19(27)24-9-3-6-17(24)18(26)23-25-11-22-15-4-1-2-5-16(15)25/h1-2,4-5,7-8,10-11,17H,3,6,9H2,(H,23,26)/t17-/m1/s1. The maximum atomic E-state index is 12.9. The van der Waals surface area contributed by atoms with E-state index >= 15 is 0 Å². The number of hydrogen-bond acceptors (Lipinski definition) is 3. The molecule has 1 aliphatic heterocycles. The summed E-state index contributed by atoms with van der Waals surface area (Å²) in [5, 5.41) is 0.698. The summed E-state index contributed by atoms with van der Waals surface area (Å²) in [4.78, 5) is 31.5. The molecule has 1 N–H and O–H groups in total. The van der Waals surface area contributed by atoms with E-state index in [1.165, 1.54) is 6.07 Å². The Kier molecular flexibility index (Phi) is 4.76. The Morgan fingerprint density at radius 1 is 1.11 bits per heavy atom. The molecule has 8 heteroatoms. The van der Waals surface area contributed by atoms with Crippen LogP contribution < -0.4 is 5.43 Å². The van der Waals surface area contributed by atoms with E-state index in [0.29, 0.717) is 28.6 Å². The van der Waals surface area contributed by atoms with Crippen LogP contribution in [0.5, 0.6) is 0 Å². The van der Waals surface area contributed by atoms with Crippen LogP contribution in [0.15, 0.2) is 48.8 Å². The monoisotopic (exact) mass is 402 g/mol. The fourth-order valence-corrected chi connectivity index (χ4v) is 3.62. The van der Waals surface area contributed by atoms with Gasteiger partial charge in [-0.1, -0.05) is 35.3 Å². The molecular formula is C19H16Cl2N4O2. The first-order chi connectivity index (χ1) is 13.0. The molecule has 0 radical (unpaired) electrons. The second-order valence-corrected chi connectivity index (χ2v) is 7.18. The third kappa shape index (κ3) is 3.38. The number of halogens is 2. The van der Waals surface area contributed by atoms with E-state index in [9.17, 15) is 9.59 Å². The number of carbonyl (C=O) groups is 2. The van der Waals surface area contributed by atoms with Gasteiger partial charge in [-0.3, -0.25) is 15.0 Å². The maximum absolute atomic E-state index is 12.9. The Balaban J connectivity index is 1.54. The van der Waals surface area contributed by atoms with Crippen LogP contribution in [0.2, 0.25) is 10.0 Å². The summed E-state index contributed by atoms with van der Waals surface area (Å²) in [7, 11) is 0. The molecule has 1 fully saturated rings. The van der Waals surface area contributed by atoms with Crippen molar-refractivity contribution >= 4 is 46.0 Å². The summed E-state index contributed by atoms with van der Waals surface area (Å²) in [6, 6.07) is 11.7. The van der Waals surface area contributed by atoms with Crippen molar-refractivity contribution in [3.05, 3.63) is 64.4 Å². The van der Waals surface area contributed by atoms with Gasteiger partial charge in [-0.2, -0.15) is 0 Å². The van der Waals surface area contributed by atoms with Crippen molar-refractivity contribution in [2.45, 2.75) is 18.9 Å². The van der Waals surface area contributed by atoms with E-state index in [1.54, 1.807) is 28.0 Å². The zero-order chi connectivity index (χ0) is 19.0. The highest BCUT2D eigenvalue weighted by molar-refractivity contribution is 6.42. The highest BCUT2D eigenvalue weighted by Crippen LogP contribution is 2.26. The molecule has 3 aromatic rings. The number of aromatic nitrogens is 2. The van der Waals surface area contributed by atoms with Gasteiger partial charge in [-0.25, -0.2) is 9.66 Å². The minimum Gasteiger partial charge on any atom is -0.327 e. The molecule has 27 heavy (non-hydrogen) atoms. The smallest absolute Gasteiger partial charge is 0.261 e. The predicted octanol–water partition coefficient (Wildman–Crippen LogP) is 3.72. The molecule has 2 heterocycles. The van der Waals surface area contributed by atoms with Crippen LogP contribution in [0.3, 0.4) is 0 Å². The molecular weight excluding hydrogens is 387 g/mol. The summed E-state index contributed by atoms with van der Waals surface area (Å²) in [6.45, 7) is 0.516. The quantitative estimate of drug-likeness (QED) is 0.725. The van der Waals surface area contributed by atoms with Crippen LogP contribution in [-0.2, 0) is 4.79 Å².